The average Bonchev–Trinajstić information content (AvgIpc) is 2.56. The van der Waals surface area contributed by atoms with E-state index in [1.54, 1.807) is 30.3 Å². The minimum atomic E-state index is -0.989. The predicted octanol–water partition coefficient (Wildman–Crippen LogP) is 2.09. The lowest BCUT2D eigenvalue weighted by molar-refractivity contribution is -0.137. The molecule has 0 aliphatic heterocycles. The van der Waals surface area contributed by atoms with Crippen molar-refractivity contribution in [3.8, 4) is 0 Å². The Labute approximate surface area is 138 Å². The van der Waals surface area contributed by atoms with Gasteiger partial charge in [0.2, 0.25) is 5.91 Å². The third-order valence-electron chi connectivity index (χ3n) is 3.27. The van der Waals surface area contributed by atoms with E-state index in [0.717, 1.165) is 4.90 Å². The molecule has 0 saturated carbocycles. The summed E-state index contributed by atoms with van der Waals surface area (Å²) in [5.74, 6) is -1.83. The van der Waals surface area contributed by atoms with Crippen molar-refractivity contribution in [3.05, 3.63) is 54.2 Å². The number of imide groups is 1. The van der Waals surface area contributed by atoms with Crippen molar-refractivity contribution in [1.82, 2.24) is 4.98 Å². The summed E-state index contributed by atoms with van der Waals surface area (Å²) in [4.78, 5) is 40.8. The van der Waals surface area contributed by atoms with E-state index in [1.807, 2.05) is 0 Å². The van der Waals surface area contributed by atoms with Gasteiger partial charge in [-0.1, -0.05) is 6.07 Å². The maximum absolute atomic E-state index is 12.7. The molecular weight excluding hydrogens is 310 g/mol. The van der Waals surface area contributed by atoms with Gasteiger partial charge in [0.1, 0.15) is 5.82 Å². The van der Waals surface area contributed by atoms with Crippen LogP contribution in [0.5, 0.6) is 0 Å². The number of nitrogens with two attached hydrogens (primary N) is 1. The lowest BCUT2D eigenvalue weighted by Crippen LogP contribution is -2.37. The van der Waals surface area contributed by atoms with Gasteiger partial charge < -0.3 is 10.8 Å². The van der Waals surface area contributed by atoms with Crippen molar-refractivity contribution in [1.29, 1.82) is 0 Å². The third-order valence-corrected chi connectivity index (χ3v) is 3.27. The Morgan fingerprint density at radius 2 is 1.75 bits per heavy atom. The quantitative estimate of drug-likeness (QED) is 0.785. The zero-order valence-corrected chi connectivity index (χ0v) is 12.9. The number of rotatable bonds is 6. The number of carbonyl (C=O) groups excluding carboxylic acids is 2. The second kappa shape index (κ2) is 7.87. The van der Waals surface area contributed by atoms with E-state index in [0.29, 0.717) is 11.3 Å². The van der Waals surface area contributed by atoms with E-state index < -0.39 is 17.8 Å². The Morgan fingerprint density at radius 1 is 1.04 bits per heavy atom. The molecule has 1 aromatic heterocycles. The molecule has 0 unspecified atom stereocenters. The largest absolute Gasteiger partial charge is 0.481 e. The summed E-state index contributed by atoms with van der Waals surface area (Å²) in [6, 6.07) is 11.1. The van der Waals surface area contributed by atoms with Gasteiger partial charge in [0.05, 0.1) is 0 Å². The fourth-order valence-corrected chi connectivity index (χ4v) is 2.09. The van der Waals surface area contributed by atoms with Crippen LogP contribution in [-0.4, -0.2) is 27.9 Å². The first-order valence-corrected chi connectivity index (χ1v) is 7.34. The number of carboxylic acid groups (broad SMARTS) is 1. The minimum Gasteiger partial charge on any atom is -0.481 e. The summed E-state index contributed by atoms with van der Waals surface area (Å²) in [5, 5.41) is 8.68. The molecule has 24 heavy (non-hydrogen) atoms. The van der Waals surface area contributed by atoms with E-state index in [-0.39, 0.29) is 25.1 Å². The number of amides is 2. The van der Waals surface area contributed by atoms with E-state index in [4.69, 9.17) is 10.8 Å². The molecule has 1 aromatic carbocycles. The Bertz CT molecular complexity index is 729. The number of aliphatic carboxylic acids is 1. The first-order valence-electron chi connectivity index (χ1n) is 7.34. The standard InChI is InChI=1S/C17H17N3O4/c18-13-9-7-12(8-10-13)17(24)20(14-4-1-2-11-19-14)15(21)5-3-6-16(22)23/h1-2,4,7-11H,3,5-6,18H2,(H,22,23). The lowest BCUT2D eigenvalue weighted by Gasteiger charge is -2.20. The van der Waals surface area contributed by atoms with Gasteiger partial charge >= 0.3 is 5.97 Å². The average molecular weight is 327 g/mol. The topological polar surface area (TPSA) is 114 Å². The Balaban J connectivity index is 2.26. The number of carbonyl (C=O) groups is 3. The molecule has 0 atom stereocenters. The Kier molecular flexibility index (Phi) is 5.62. The van der Waals surface area contributed by atoms with Crippen LogP contribution in [0.25, 0.3) is 0 Å². The monoisotopic (exact) mass is 327 g/mol. The van der Waals surface area contributed by atoms with Gasteiger partial charge in [-0.05, 0) is 42.8 Å². The van der Waals surface area contributed by atoms with Crippen LogP contribution in [0.4, 0.5) is 11.5 Å². The number of benzene rings is 1. The highest BCUT2D eigenvalue weighted by Crippen LogP contribution is 2.17. The van der Waals surface area contributed by atoms with Crippen molar-refractivity contribution < 1.29 is 19.5 Å². The van der Waals surface area contributed by atoms with Crippen LogP contribution in [0.1, 0.15) is 29.6 Å². The number of pyridine rings is 1. The molecule has 0 bridgehead atoms. The van der Waals surface area contributed by atoms with Gasteiger partial charge in [0, 0.05) is 30.3 Å². The lowest BCUT2D eigenvalue weighted by atomic mass is 10.1. The molecule has 0 saturated heterocycles. The molecule has 2 aromatic rings. The maximum Gasteiger partial charge on any atom is 0.303 e. The van der Waals surface area contributed by atoms with Crippen LogP contribution in [-0.2, 0) is 9.59 Å². The predicted molar refractivity (Wildman–Crippen MR) is 88.4 cm³/mol. The zero-order chi connectivity index (χ0) is 17.5. The molecule has 7 heteroatoms. The minimum absolute atomic E-state index is 0.0659. The second-order valence-electron chi connectivity index (χ2n) is 5.09. The molecule has 2 amide bonds. The fourth-order valence-electron chi connectivity index (χ4n) is 2.09. The van der Waals surface area contributed by atoms with Gasteiger partial charge in [-0.15, -0.1) is 0 Å². The number of nitrogen functional groups attached to an aromatic ring is 1. The highest BCUT2D eigenvalue weighted by Gasteiger charge is 2.25. The van der Waals surface area contributed by atoms with Crippen LogP contribution in [0.2, 0.25) is 0 Å². The summed E-state index contributed by atoms with van der Waals surface area (Å²) in [7, 11) is 0. The molecule has 7 nitrogen and oxygen atoms in total. The second-order valence-corrected chi connectivity index (χ2v) is 5.09. The van der Waals surface area contributed by atoms with Crippen LogP contribution in [0.15, 0.2) is 48.7 Å². The van der Waals surface area contributed by atoms with Gasteiger partial charge in [-0.25, -0.2) is 9.88 Å². The smallest absolute Gasteiger partial charge is 0.303 e. The molecule has 3 N–H and O–H groups in total. The summed E-state index contributed by atoms with van der Waals surface area (Å²) in [6.45, 7) is 0. The number of nitrogens with zero attached hydrogens (tertiary/aromatic N) is 2. The third kappa shape index (κ3) is 4.39. The highest BCUT2D eigenvalue weighted by atomic mass is 16.4. The Morgan fingerprint density at radius 3 is 2.33 bits per heavy atom. The van der Waals surface area contributed by atoms with E-state index in [2.05, 4.69) is 4.98 Å². The van der Waals surface area contributed by atoms with Crippen LogP contribution >= 0.6 is 0 Å². The number of aromatic nitrogens is 1. The summed E-state index contributed by atoms with van der Waals surface area (Å²) in [6.07, 6.45) is 1.41. The molecule has 0 fully saturated rings. The van der Waals surface area contributed by atoms with Gasteiger partial charge in [-0.2, -0.15) is 0 Å². The summed E-state index contributed by atoms with van der Waals surface area (Å²) >= 11 is 0. The van der Waals surface area contributed by atoms with Crippen LogP contribution in [0.3, 0.4) is 0 Å². The highest BCUT2D eigenvalue weighted by molar-refractivity contribution is 6.20. The van der Waals surface area contributed by atoms with Crippen LogP contribution in [0, 0.1) is 0 Å². The van der Waals surface area contributed by atoms with E-state index in [9.17, 15) is 14.4 Å². The Hall–Kier alpha value is -3.22. The fraction of sp³-hybridized carbons (Fsp3) is 0.176. The van der Waals surface area contributed by atoms with E-state index in [1.165, 1.54) is 18.3 Å². The molecular formula is C17H17N3O4. The first kappa shape index (κ1) is 17.1. The molecule has 0 aliphatic carbocycles. The maximum atomic E-state index is 12.7. The molecule has 1 heterocycles. The first-order chi connectivity index (χ1) is 11.5. The summed E-state index contributed by atoms with van der Waals surface area (Å²) in [5.41, 5.74) is 6.40. The number of hydrogen-bond donors (Lipinski definition) is 2. The molecule has 124 valence electrons. The zero-order valence-electron chi connectivity index (χ0n) is 12.9. The summed E-state index contributed by atoms with van der Waals surface area (Å²) < 4.78 is 0. The van der Waals surface area contributed by atoms with Crippen molar-refractivity contribution in [2.24, 2.45) is 0 Å². The van der Waals surface area contributed by atoms with Crippen molar-refractivity contribution in [3.63, 3.8) is 0 Å². The molecule has 0 spiro atoms. The van der Waals surface area contributed by atoms with Gasteiger partial charge in [0.15, 0.2) is 0 Å². The SMILES string of the molecule is Nc1ccc(C(=O)N(C(=O)CCCC(=O)O)c2ccccn2)cc1. The van der Waals surface area contributed by atoms with Crippen molar-refractivity contribution in [2.75, 3.05) is 10.6 Å². The van der Waals surface area contributed by atoms with Crippen molar-refractivity contribution in [2.45, 2.75) is 19.3 Å². The normalized spacial score (nSPS) is 10.2. The molecule has 0 aliphatic rings. The van der Waals surface area contributed by atoms with Gasteiger partial charge in [-0.3, -0.25) is 14.4 Å². The number of carboxylic acids is 1. The molecule has 0 radical (unpaired) electrons. The van der Waals surface area contributed by atoms with Gasteiger partial charge in [0.25, 0.3) is 5.91 Å². The van der Waals surface area contributed by atoms with Crippen LogP contribution < -0.4 is 10.6 Å². The number of anilines is 2. The molecule has 2 rings (SSSR count). The van der Waals surface area contributed by atoms with Crippen molar-refractivity contribution >= 4 is 29.3 Å². The number of hydrogen-bond acceptors (Lipinski definition) is 5. The van der Waals surface area contributed by atoms with E-state index >= 15 is 0 Å².